The minimum Gasteiger partial charge on any atom is -0.490 e. The van der Waals surface area contributed by atoms with E-state index in [0.29, 0.717) is 41.8 Å². The number of nitrogens with zero attached hydrogens (tertiary/aromatic N) is 1. The van der Waals surface area contributed by atoms with E-state index >= 15 is 0 Å². The van der Waals surface area contributed by atoms with Gasteiger partial charge in [0.15, 0.2) is 23.0 Å². The van der Waals surface area contributed by atoms with E-state index < -0.39 is 11.8 Å². The van der Waals surface area contributed by atoms with Crippen LogP contribution in [0, 0.1) is 0 Å². The first-order valence-electron chi connectivity index (χ1n) is 10.5. The van der Waals surface area contributed by atoms with Crippen molar-refractivity contribution in [2.75, 3.05) is 26.6 Å². The summed E-state index contributed by atoms with van der Waals surface area (Å²) in [6.45, 7) is 5.03. The van der Waals surface area contributed by atoms with E-state index in [9.17, 15) is 9.59 Å². The van der Waals surface area contributed by atoms with E-state index in [-0.39, 0.29) is 13.3 Å². The number of amides is 2. The maximum Gasteiger partial charge on any atom is 0.259 e. The molecule has 0 fully saturated rings. The highest BCUT2D eigenvalue weighted by molar-refractivity contribution is 5.97. The van der Waals surface area contributed by atoms with Gasteiger partial charge in [-0.1, -0.05) is 13.3 Å². The Morgan fingerprint density at radius 2 is 1.91 bits per heavy atom. The van der Waals surface area contributed by atoms with Gasteiger partial charge in [-0.2, -0.15) is 5.10 Å². The predicted octanol–water partition coefficient (Wildman–Crippen LogP) is 2.87. The zero-order valence-corrected chi connectivity index (χ0v) is 18.2. The first-order valence-corrected chi connectivity index (χ1v) is 10.5. The molecule has 2 N–H and O–H groups in total. The molecule has 170 valence electrons. The molecular formula is C23H27N3O6. The Hall–Kier alpha value is -3.75. The molecule has 9 heteroatoms. The van der Waals surface area contributed by atoms with Gasteiger partial charge in [0, 0.05) is 5.56 Å². The predicted molar refractivity (Wildman–Crippen MR) is 119 cm³/mol. The van der Waals surface area contributed by atoms with Crippen LogP contribution in [0.3, 0.4) is 0 Å². The van der Waals surface area contributed by atoms with Crippen LogP contribution < -0.4 is 29.7 Å². The Kier molecular flexibility index (Phi) is 8.30. The van der Waals surface area contributed by atoms with Crippen LogP contribution in [-0.2, 0) is 4.79 Å². The molecule has 0 saturated carbocycles. The molecule has 0 atom stereocenters. The van der Waals surface area contributed by atoms with Crippen LogP contribution in [0.25, 0.3) is 0 Å². The molecule has 0 saturated heterocycles. The van der Waals surface area contributed by atoms with Gasteiger partial charge in [-0.15, -0.1) is 0 Å². The zero-order chi connectivity index (χ0) is 22.8. The molecular weight excluding hydrogens is 414 g/mol. The van der Waals surface area contributed by atoms with E-state index in [1.165, 1.54) is 6.21 Å². The second-order valence-electron chi connectivity index (χ2n) is 6.89. The van der Waals surface area contributed by atoms with Crippen LogP contribution in [0.2, 0.25) is 0 Å². The third-order valence-corrected chi connectivity index (χ3v) is 4.47. The molecule has 2 amide bonds. The van der Waals surface area contributed by atoms with Gasteiger partial charge in [-0.3, -0.25) is 9.59 Å². The highest BCUT2D eigenvalue weighted by Crippen LogP contribution is 2.32. The lowest BCUT2D eigenvalue weighted by atomic mass is 10.2. The summed E-state index contributed by atoms with van der Waals surface area (Å²) in [5.41, 5.74) is 3.49. The molecule has 0 aromatic heterocycles. The van der Waals surface area contributed by atoms with E-state index in [1.54, 1.807) is 24.3 Å². The molecule has 0 radical (unpaired) electrons. The average molecular weight is 441 g/mol. The van der Waals surface area contributed by atoms with Crippen molar-refractivity contribution in [1.82, 2.24) is 10.7 Å². The van der Waals surface area contributed by atoms with Crippen molar-refractivity contribution in [3.05, 3.63) is 47.5 Å². The number of nitrogens with one attached hydrogen (secondary N) is 2. The third-order valence-electron chi connectivity index (χ3n) is 4.47. The fourth-order valence-electron chi connectivity index (χ4n) is 2.84. The number of hydrogen-bond acceptors (Lipinski definition) is 7. The first kappa shape index (κ1) is 22.9. The van der Waals surface area contributed by atoms with Crippen molar-refractivity contribution in [1.29, 1.82) is 0 Å². The van der Waals surface area contributed by atoms with Crippen molar-refractivity contribution in [3.8, 4) is 23.0 Å². The average Bonchev–Trinajstić information content (AvgIpc) is 3.27. The number of rotatable bonds is 11. The summed E-state index contributed by atoms with van der Waals surface area (Å²) in [6, 6.07) is 10.3. The lowest BCUT2D eigenvalue weighted by Gasteiger charge is -2.12. The van der Waals surface area contributed by atoms with Gasteiger partial charge in [-0.05, 0) is 55.3 Å². The maximum absolute atomic E-state index is 12.2. The monoisotopic (exact) mass is 441 g/mol. The molecule has 0 unspecified atom stereocenters. The van der Waals surface area contributed by atoms with Crippen LogP contribution in [0.4, 0.5) is 0 Å². The Morgan fingerprint density at radius 1 is 1.06 bits per heavy atom. The van der Waals surface area contributed by atoms with Crippen LogP contribution in [0.5, 0.6) is 23.0 Å². The summed E-state index contributed by atoms with van der Waals surface area (Å²) >= 11 is 0. The number of carbonyl (C=O) groups is 2. The van der Waals surface area contributed by atoms with Crippen molar-refractivity contribution >= 4 is 18.0 Å². The second kappa shape index (κ2) is 11.6. The number of fused-ring (bicyclic) bond motifs is 1. The highest BCUT2D eigenvalue weighted by Gasteiger charge is 2.16. The molecule has 32 heavy (non-hydrogen) atoms. The standard InChI is InChI=1S/C23H27N3O6/c1-3-5-10-30-18-8-6-16(11-20(18)29-4-2)13-25-26-22(27)14-24-23(28)17-7-9-19-21(12-17)32-15-31-19/h6-9,11-13H,3-5,10,14-15H2,1-2H3,(H,24,28)(H,26,27). The molecule has 9 nitrogen and oxygen atoms in total. The van der Waals surface area contributed by atoms with Gasteiger partial charge in [0.1, 0.15) is 0 Å². The van der Waals surface area contributed by atoms with Crippen LogP contribution in [0.1, 0.15) is 42.6 Å². The fourth-order valence-corrected chi connectivity index (χ4v) is 2.84. The maximum atomic E-state index is 12.2. The van der Waals surface area contributed by atoms with Crippen LogP contribution >= 0.6 is 0 Å². The molecule has 1 aliphatic rings. The summed E-state index contributed by atoms with van der Waals surface area (Å²) in [5.74, 6) is 1.52. The molecule has 3 rings (SSSR count). The van der Waals surface area contributed by atoms with E-state index in [1.807, 2.05) is 19.1 Å². The minimum absolute atomic E-state index is 0.126. The van der Waals surface area contributed by atoms with Gasteiger partial charge in [0.25, 0.3) is 11.8 Å². The summed E-state index contributed by atoms with van der Waals surface area (Å²) in [7, 11) is 0. The molecule has 0 aliphatic carbocycles. The largest absolute Gasteiger partial charge is 0.490 e. The van der Waals surface area contributed by atoms with Gasteiger partial charge in [0.05, 0.1) is 26.0 Å². The summed E-state index contributed by atoms with van der Waals surface area (Å²) < 4.78 is 21.8. The van der Waals surface area contributed by atoms with Crippen molar-refractivity contribution in [3.63, 3.8) is 0 Å². The Morgan fingerprint density at radius 3 is 2.72 bits per heavy atom. The molecule has 0 spiro atoms. The molecule has 2 aromatic rings. The lowest BCUT2D eigenvalue weighted by Crippen LogP contribution is -2.34. The summed E-state index contributed by atoms with van der Waals surface area (Å²) in [4.78, 5) is 24.2. The van der Waals surface area contributed by atoms with E-state index in [0.717, 1.165) is 18.4 Å². The first-order chi connectivity index (χ1) is 15.6. The molecule has 0 bridgehead atoms. The zero-order valence-electron chi connectivity index (χ0n) is 18.2. The highest BCUT2D eigenvalue weighted by atomic mass is 16.7. The van der Waals surface area contributed by atoms with E-state index in [2.05, 4.69) is 22.8 Å². The fraction of sp³-hybridized carbons (Fsp3) is 0.348. The number of carbonyl (C=O) groups excluding carboxylic acids is 2. The smallest absolute Gasteiger partial charge is 0.259 e. The molecule has 2 aromatic carbocycles. The minimum atomic E-state index is -0.458. The van der Waals surface area contributed by atoms with Crippen molar-refractivity contribution in [2.45, 2.75) is 26.7 Å². The number of benzene rings is 2. The van der Waals surface area contributed by atoms with Crippen LogP contribution in [-0.4, -0.2) is 44.6 Å². The Labute approximate surface area is 186 Å². The Balaban J connectivity index is 1.49. The molecule has 1 aliphatic heterocycles. The summed E-state index contributed by atoms with van der Waals surface area (Å²) in [6.07, 6.45) is 3.51. The normalized spacial score (nSPS) is 11.9. The lowest BCUT2D eigenvalue weighted by molar-refractivity contribution is -0.120. The second-order valence-corrected chi connectivity index (χ2v) is 6.89. The van der Waals surface area contributed by atoms with Crippen molar-refractivity contribution in [2.24, 2.45) is 5.10 Å². The number of unbranched alkanes of at least 4 members (excludes halogenated alkanes) is 1. The number of hydrazone groups is 1. The van der Waals surface area contributed by atoms with Gasteiger partial charge >= 0.3 is 0 Å². The van der Waals surface area contributed by atoms with Crippen molar-refractivity contribution < 1.29 is 28.5 Å². The summed E-state index contributed by atoms with van der Waals surface area (Å²) in [5, 5.41) is 6.48. The van der Waals surface area contributed by atoms with Crippen LogP contribution in [0.15, 0.2) is 41.5 Å². The van der Waals surface area contributed by atoms with Gasteiger partial charge in [0.2, 0.25) is 6.79 Å². The quantitative estimate of drug-likeness (QED) is 0.315. The molecule has 1 heterocycles. The SMILES string of the molecule is CCCCOc1ccc(C=NNC(=O)CNC(=O)c2ccc3c(c2)OCO3)cc1OCC. The van der Waals surface area contributed by atoms with Gasteiger partial charge in [-0.25, -0.2) is 5.43 Å². The van der Waals surface area contributed by atoms with Gasteiger partial charge < -0.3 is 24.3 Å². The number of ether oxygens (including phenoxy) is 4. The topological polar surface area (TPSA) is 107 Å². The van der Waals surface area contributed by atoms with E-state index in [4.69, 9.17) is 18.9 Å². The third kappa shape index (κ3) is 6.37. The Bertz CT molecular complexity index is 976. The number of hydrogen-bond donors (Lipinski definition) is 2.